The molecular weight excluding hydrogens is 692 g/mol. The lowest BCUT2D eigenvalue weighted by Gasteiger charge is -2.41. The summed E-state index contributed by atoms with van der Waals surface area (Å²) < 4.78 is 31.0. The first-order valence-electron chi connectivity index (χ1n) is 19.3. The smallest absolute Gasteiger partial charge is 0.326 e. The second kappa shape index (κ2) is 26.6. The third-order valence-electron chi connectivity index (χ3n) is 8.31. The summed E-state index contributed by atoms with van der Waals surface area (Å²) in [5, 5.41) is 22.0. The molecule has 2 aromatic carbocycles. The van der Waals surface area contributed by atoms with E-state index in [0.29, 0.717) is 37.2 Å². The molecule has 1 heterocycles. The number of carboxylic acids is 1. The zero-order valence-corrected chi connectivity index (χ0v) is 34.0. The number of aromatic nitrogens is 1. The molecule has 3 rings (SSSR count). The Labute approximate surface area is 322 Å². The fourth-order valence-electron chi connectivity index (χ4n) is 5.54. The van der Waals surface area contributed by atoms with E-state index in [1.54, 1.807) is 12.3 Å². The molecule has 3 unspecified atom stereocenters. The quantitative estimate of drug-likeness (QED) is 0.0882. The summed E-state index contributed by atoms with van der Waals surface area (Å²) in [6, 6.07) is 11.4. The van der Waals surface area contributed by atoms with Crippen molar-refractivity contribution in [1.29, 1.82) is 0 Å². The van der Waals surface area contributed by atoms with Crippen LogP contribution in [0.15, 0.2) is 60.8 Å². The van der Waals surface area contributed by atoms with Crippen LogP contribution in [0.3, 0.4) is 0 Å². The maximum atomic E-state index is 14.9. The molecule has 0 bridgehead atoms. The van der Waals surface area contributed by atoms with Crippen molar-refractivity contribution in [2.75, 3.05) is 19.7 Å². The predicted octanol–water partition coefficient (Wildman–Crippen LogP) is 7.66. The van der Waals surface area contributed by atoms with Gasteiger partial charge in [0.05, 0.1) is 12.1 Å². The lowest BCUT2D eigenvalue weighted by atomic mass is 9.82. The van der Waals surface area contributed by atoms with E-state index in [1.807, 2.05) is 83.4 Å². The molecule has 0 saturated heterocycles. The number of rotatable bonds is 17. The number of nitrogens with two attached hydrogens (primary N) is 2. The number of carboxylic acid groups (broad SMARTS) is 1. The van der Waals surface area contributed by atoms with E-state index in [1.165, 1.54) is 17.7 Å². The van der Waals surface area contributed by atoms with Crippen LogP contribution in [-0.2, 0) is 20.9 Å². The van der Waals surface area contributed by atoms with Crippen molar-refractivity contribution in [1.82, 2.24) is 14.8 Å². The van der Waals surface area contributed by atoms with Crippen LogP contribution in [0, 0.1) is 17.0 Å². The van der Waals surface area contributed by atoms with Crippen LogP contribution in [0.1, 0.15) is 118 Å². The Morgan fingerprint density at radius 3 is 2.06 bits per heavy atom. The number of carbonyl (C=O) groups excluding carboxylic acids is 2. The highest BCUT2D eigenvalue weighted by Gasteiger charge is 2.37. The van der Waals surface area contributed by atoms with E-state index in [-0.39, 0.29) is 24.9 Å². The van der Waals surface area contributed by atoms with Crippen molar-refractivity contribution in [2.24, 2.45) is 16.9 Å². The molecule has 0 aliphatic heterocycles. The van der Waals surface area contributed by atoms with Crippen molar-refractivity contribution in [3.63, 3.8) is 0 Å². The molecule has 0 fully saturated rings. The van der Waals surface area contributed by atoms with Crippen LogP contribution < -0.4 is 16.8 Å². The van der Waals surface area contributed by atoms with Gasteiger partial charge in [-0.3, -0.25) is 9.59 Å². The van der Waals surface area contributed by atoms with Crippen LogP contribution in [0.4, 0.5) is 8.78 Å². The van der Waals surface area contributed by atoms with Crippen LogP contribution in [0.2, 0.25) is 0 Å². The van der Waals surface area contributed by atoms with E-state index in [4.69, 9.17) is 11.5 Å². The maximum absolute atomic E-state index is 14.9. The number of nitrogens with zero attached hydrogens (tertiary/aromatic N) is 2. The standard InChI is InChI=1S/C34H45F2N5O5.C4H10.2C2H6/c1-34(2,3)31(41(30(43)21-42)16-14-27(38)32(44)39-28(33(45)46)11-7-8-15-37)29-17-23(25-18-24(35)12-13-26(25)36)20-40(29)19-22-9-5-4-6-10-22;1-3-4-2;2*1-2/h4-6,9-10,12-13,17-18,20,27-28,31,42H,7-8,11,14-16,19,21,37-38H2,1-3H3,(H,39,44)(H,45,46);3-4H2,1-2H3;2*1-2H3. The van der Waals surface area contributed by atoms with Gasteiger partial charge in [-0.2, -0.15) is 0 Å². The second-order valence-electron chi connectivity index (χ2n) is 13.5. The van der Waals surface area contributed by atoms with Crippen molar-refractivity contribution in [3.05, 3.63) is 83.7 Å². The minimum atomic E-state index is -1.19. The fraction of sp³-hybridized carbons (Fsp3) is 0.548. The molecule has 0 saturated carbocycles. The number of aliphatic hydroxyl groups is 1. The first kappa shape index (κ1) is 49.9. The molecule has 3 aromatic rings. The molecular formula is C42H67F2N5O5. The van der Waals surface area contributed by atoms with E-state index in [0.717, 1.165) is 23.8 Å². The molecule has 12 heteroatoms. The highest BCUT2D eigenvalue weighted by atomic mass is 19.1. The lowest BCUT2D eigenvalue weighted by molar-refractivity contribution is -0.142. The number of benzene rings is 2. The summed E-state index contributed by atoms with van der Waals surface area (Å²) in [5.41, 5.74) is 13.0. The SMILES string of the molecule is CC.CC.CC(C)(C)C(c1cc(-c2cc(F)ccc2F)cn1Cc1ccccc1)N(CCC(N)C(=O)NC(CCCCN)C(=O)O)C(=O)CO.CCCC. The van der Waals surface area contributed by atoms with Gasteiger partial charge in [0.25, 0.3) is 0 Å². The normalized spacial score (nSPS) is 12.3. The number of nitrogens with one attached hydrogen (secondary N) is 1. The number of halogens is 2. The van der Waals surface area contributed by atoms with Gasteiger partial charge in [0, 0.05) is 36.1 Å². The topological polar surface area (TPSA) is 164 Å². The fourth-order valence-corrected chi connectivity index (χ4v) is 5.54. The monoisotopic (exact) mass is 760 g/mol. The third-order valence-corrected chi connectivity index (χ3v) is 8.31. The number of amides is 2. The van der Waals surface area contributed by atoms with Gasteiger partial charge in [0.1, 0.15) is 24.3 Å². The minimum absolute atomic E-state index is 0.0376. The summed E-state index contributed by atoms with van der Waals surface area (Å²) in [6.07, 6.45) is 5.62. The predicted molar refractivity (Wildman–Crippen MR) is 215 cm³/mol. The Hall–Kier alpha value is -4.13. The Kier molecular flexibility index (Phi) is 24.6. The van der Waals surface area contributed by atoms with Crippen molar-refractivity contribution >= 4 is 17.8 Å². The van der Waals surface area contributed by atoms with Crippen molar-refractivity contribution < 1.29 is 33.4 Å². The molecule has 0 radical (unpaired) electrons. The summed E-state index contributed by atoms with van der Waals surface area (Å²) in [6.45, 7) is 18.0. The van der Waals surface area contributed by atoms with Crippen LogP contribution in [-0.4, -0.2) is 69.2 Å². The number of hydrogen-bond acceptors (Lipinski definition) is 6. The first-order valence-corrected chi connectivity index (χ1v) is 19.3. The number of unbranched alkanes of at least 4 members (excludes halogenated alkanes) is 2. The number of aliphatic carboxylic acids is 1. The highest BCUT2D eigenvalue weighted by Crippen LogP contribution is 2.41. The van der Waals surface area contributed by atoms with Gasteiger partial charge in [-0.25, -0.2) is 13.6 Å². The van der Waals surface area contributed by atoms with E-state index >= 15 is 0 Å². The summed E-state index contributed by atoms with van der Waals surface area (Å²) >= 11 is 0. The Morgan fingerprint density at radius 2 is 1.54 bits per heavy atom. The van der Waals surface area contributed by atoms with E-state index < -0.39 is 59.6 Å². The Bertz CT molecular complexity index is 1510. The molecule has 0 aliphatic carbocycles. The molecule has 10 nitrogen and oxygen atoms in total. The molecule has 2 amide bonds. The maximum Gasteiger partial charge on any atom is 0.326 e. The molecule has 0 spiro atoms. The van der Waals surface area contributed by atoms with Gasteiger partial charge in [0.2, 0.25) is 11.8 Å². The molecule has 7 N–H and O–H groups in total. The van der Waals surface area contributed by atoms with Crippen LogP contribution in [0.5, 0.6) is 0 Å². The van der Waals surface area contributed by atoms with Gasteiger partial charge < -0.3 is 36.5 Å². The average molecular weight is 760 g/mol. The molecule has 54 heavy (non-hydrogen) atoms. The van der Waals surface area contributed by atoms with Gasteiger partial charge >= 0.3 is 5.97 Å². The van der Waals surface area contributed by atoms with E-state index in [2.05, 4.69) is 19.2 Å². The first-order chi connectivity index (χ1) is 25.7. The minimum Gasteiger partial charge on any atom is -0.480 e. The molecule has 304 valence electrons. The van der Waals surface area contributed by atoms with Crippen molar-refractivity contribution in [2.45, 2.75) is 126 Å². The highest BCUT2D eigenvalue weighted by molar-refractivity contribution is 5.86. The van der Waals surface area contributed by atoms with Gasteiger partial charge in [-0.05, 0) is 67.5 Å². The zero-order chi connectivity index (χ0) is 41.4. The Morgan fingerprint density at radius 1 is 0.926 bits per heavy atom. The number of carbonyl (C=O) groups is 3. The Balaban J connectivity index is 0.00000323. The van der Waals surface area contributed by atoms with E-state index in [9.17, 15) is 33.4 Å². The molecule has 0 aliphatic rings. The molecule has 1 aromatic heterocycles. The summed E-state index contributed by atoms with van der Waals surface area (Å²) in [5.74, 6) is -3.70. The molecule has 3 atom stereocenters. The van der Waals surface area contributed by atoms with Gasteiger partial charge in [-0.1, -0.05) is 105 Å². The average Bonchev–Trinajstić information content (AvgIpc) is 3.56. The largest absolute Gasteiger partial charge is 0.480 e. The number of aliphatic hydroxyl groups excluding tert-OH is 1. The third kappa shape index (κ3) is 16.5. The van der Waals surface area contributed by atoms with Crippen LogP contribution >= 0.6 is 0 Å². The zero-order valence-electron chi connectivity index (χ0n) is 34.0. The second-order valence-corrected chi connectivity index (χ2v) is 13.5. The lowest BCUT2D eigenvalue weighted by Crippen LogP contribution is -2.50. The van der Waals surface area contributed by atoms with Crippen LogP contribution in [0.25, 0.3) is 11.1 Å². The summed E-state index contributed by atoms with van der Waals surface area (Å²) in [7, 11) is 0. The van der Waals surface area contributed by atoms with Crippen molar-refractivity contribution in [3.8, 4) is 11.1 Å². The number of hydrogen-bond donors (Lipinski definition) is 5. The summed E-state index contributed by atoms with van der Waals surface area (Å²) in [4.78, 5) is 39.4. The van der Waals surface area contributed by atoms with Gasteiger partial charge in [-0.15, -0.1) is 0 Å². The van der Waals surface area contributed by atoms with Gasteiger partial charge in [0.15, 0.2) is 0 Å².